The molecule has 0 saturated carbocycles. The van der Waals surface area contributed by atoms with Crippen LogP contribution >= 0.6 is 0 Å². The molecule has 0 saturated heterocycles. The average molecular weight is 320 g/mol. The fraction of sp³-hybridized carbons (Fsp3) is 0.562. The number of aliphatic hydroxyl groups excluding tert-OH is 2. The Hall–Kier alpha value is -1.67. The van der Waals surface area contributed by atoms with E-state index < -0.39 is 6.10 Å². The van der Waals surface area contributed by atoms with Crippen LogP contribution in [0.3, 0.4) is 0 Å². The van der Waals surface area contributed by atoms with E-state index in [1.165, 1.54) is 0 Å². The van der Waals surface area contributed by atoms with E-state index in [2.05, 4.69) is 10.00 Å². The average Bonchev–Trinajstić information content (AvgIpc) is 3.12. The van der Waals surface area contributed by atoms with E-state index in [1.54, 1.807) is 6.07 Å². The number of aliphatic hydroxyl groups is 2. The molecule has 2 aromatic heterocycles. The van der Waals surface area contributed by atoms with Crippen molar-refractivity contribution in [3.05, 3.63) is 41.1 Å². The number of nitrogens with zero attached hydrogens (tertiary/aromatic N) is 4. The third-order valence-electron chi connectivity index (χ3n) is 4.03. The molecule has 2 N–H and O–H groups in total. The molecule has 3 heterocycles. The lowest BCUT2D eigenvalue weighted by Gasteiger charge is -2.26. The summed E-state index contributed by atoms with van der Waals surface area (Å²) in [4.78, 5) is 4.23. The largest absolute Gasteiger partial charge is 0.462 e. The normalized spacial score (nSPS) is 16.7. The molecule has 3 rings (SSSR count). The van der Waals surface area contributed by atoms with Gasteiger partial charge in [0.15, 0.2) is 0 Å². The Balaban J connectivity index is 1.65. The summed E-state index contributed by atoms with van der Waals surface area (Å²) in [7, 11) is 3.87. The van der Waals surface area contributed by atoms with Crippen molar-refractivity contribution in [1.29, 1.82) is 0 Å². The van der Waals surface area contributed by atoms with Gasteiger partial charge in [-0.05, 0) is 32.3 Å². The zero-order valence-corrected chi connectivity index (χ0v) is 13.6. The van der Waals surface area contributed by atoms with Crippen molar-refractivity contribution in [3.63, 3.8) is 0 Å². The minimum atomic E-state index is -0.561. The summed E-state index contributed by atoms with van der Waals surface area (Å²) in [5.74, 6) is 1.45. The molecule has 0 bridgehead atoms. The Labute approximate surface area is 135 Å². The molecule has 1 aliphatic heterocycles. The van der Waals surface area contributed by atoms with Crippen molar-refractivity contribution in [2.24, 2.45) is 0 Å². The molecular formula is C16H24N4O3. The Bertz CT molecular complexity index is 650. The smallest absolute Gasteiger partial charge is 0.129 e. The van der Waals surface area contributed by atoms with Gasteiger partial charge in [-0.1, -0.05) is 0 Å². The third-order valence-corrected chi connectivity index (χ3v) is 4.03. The molecule has 23 heavy (non-hydrogen) atoms. The SMILES string of the molecule is CN(C)C[C@@H](O)c1cc2n(n1)CCN(Cc1ccc(CO)o1)C2. The van der Waals surface area contributed by atoms with Crippen LogP contribution in [0.15, 0.2) is 22.6 Å². The topological polar surface area (TPSA) is 77.9 Å². The molecular weight excluding hydrogens is 296 g/mol. The molecule has 2 aromatic rings. The van der Waals surface area contributed by atoms with Gasteiger partial charge in [-0.3, -0.25) is 9.58 Å². The van der Waals surface area contributed by atoms with Crippen molar-refractivity contribution >= 4 is 0 Å². The zero-order valence-electron chi connectivity index (χ0n) is 13.6. The lowest BCUT2D eigenvalue weighted by Crippen LogP contribution is -2.33. The van der Waals surface area contributed by atoms with E-state index in [0.717, 1.165) is 36.8 Å². The maximum atomic E-state index is 10.2. The number of likely N-dealkylation sites (N-methyl/N-ethyl adjacent to an activating group) is 1. The van der Waals surface area contributed by atoms with Gasteiger partial charge in [0.2, 0.25) is 0 Å². The first-order valence-electron chi connectivity index (χ1n) is 7.85. The first-order valence-corrected chi connectivity index (χ1v) is 7.85. The van der Waals surface area contributed by atoms with Gasteiger partial charge in [-0.2, -0.15) is 5.10 Å². The summed E-state index contributed by atoms with van der Waals surface area (Å²) >= 11 is 0. The molecule has 7 nitrogen and oxygen atoms in total. The molecule has 1 aliphatic rings. The first-order chi connectivity index (χ1) is 11.0. The van der Waals surface area contributed by atoms with Gasteiger partial charge in [0.25, 0.3) is 0 Å². The lowest BCUT2D eigenvalue weighted by molar-refractivity contribution is 0.133. The quantitative estimate of drug-likeness (QED) is 0.811. The Morgan fingerprint density at radius 3 is 2.78 bits per heavy atom. The summed E-state index contributed by atoms with van der Waals surface area (Å²) in [5.41, 5.74) is 1.84. The number of rotatable bonds is 6. The minimum Gasteiger partial charge on any atom is -0.462 e. The van der Waals surface area contributed by atoms with Crippen LogP contribution in [0.5, 0.6) is 0 Å². The number of hydrogen-bond donors (Lipinski definition) is 2. The summed E-state index contributed by atoms with van der Waals surface area (Å²) in [6.07, 6.45) is -0.561. The fourth-order valence-electron chi connectivity index (χ4n) is 2.89. The first kappa shape index (κ1) is 16.2. The van der Waals surface area contributed by atoms with Crippen molar-refractivity contribution in [2.45, 2.75) is 32.3 Å². The second kappa shape index (κ2) is 6.84. The van der Waals surface area contributed by atoms with E-state index in [-0.39, 0.29) is 6.61 Å². The summed E-state index contributed by atoms with van der Waals surface area (Å²) < 4.78 is 7.53. The lowest BCUT2D eigenvalue weighted by atomic mass is 10.2. The monoisotopic (exact) mass is 320 g/mol. The van der Waals surface area contributed by atoms with Crippen molar-refractivity contribution in [2.75, 3.05) is 27.2 Å². The minimum absolute atomic E-state index is 0.0695. The number of aromatic nitrogens is 2. The molecule has 0 fully saturated rings. The second-order valence-corrected chi connectivity index (χ2v) is 6.30. The van der Waals surface area contributed by atoms with Crippen LogP contribution in [-0.2, 0) is 26.2 Å². The van der Waals surface area contributed by atoms with E-state index in [0.29, 0.717) is 18.8 Å². The molecule has 7 heteroatoms. The van der Waals surface area contributed by atoms with Crippen molar-refractivity contribution < 1.29 is 14.6 Å². The van der Waals surface area contributed by atoms with E-state index in [1.807, 2.05) is 35.8 Å². The van der Waals surface area contributed by atoms with E-state index in [9.17, 15) is 5.11 Å². The summed E-state index contributed by atoms with van der Waals surface area (Å²) in [6, 6.07) is 5.70. The summed E-state index contributed by atoms with van der Waals surface area (Å²) in [5, 5.41) is 23.8. The van der Waals surface area contributed by atoms with Crippen LogP contribution in [0.25, 0.3) is 0 Å². The van der Waals surface area contributed by atoms with E-state index in [4.69, 9.17) is 9.52 Å². The number of furan rings is 1. The van der Waals surface area contributed by atoms with Crippen molar-refractivity contribution in [1.82, 2.24) is 19.6 Å². The van der Waals surface area contributed by atoms with Gasteiger partial charge in [-0.15, -0.1) is 0 Å². The molecule has 0 amide bonds. The molecule has 1 atom stereocenters. The maximum absolute atomic E-state index is 10.2. The highest BCUT2D eigenvalue weighted by Gasteiger charge is 2.22. The molecule has 126 valence electrons. The standard InChI is InChI=1S/C16H24N4O3/c1-18(2)10-16(22)15-7-12-8-19(5-6-20(12)17-15)9-13-3-4-14(11-21)23-13/h3-4,7,16,21-22H,5-6,8-11H2,1-2H3/t16-/m1/s1. The highest BCUT2D eigenvalue weighted by molar-refractivity contribution is 5.15. The van der Waals surface area contributed by atoms with Gasteiger partial charge in [0.05, 0.1) is 24.5 Å². The molecule has 0 spiro atoms. The second-order valence-electron chi connectivity index (χ2n) is 6.30. The Morgan fingerprint density at radius 1 is 1.30 bits per heavy atom. The van der Waals surface area contributed by atoms with Gasteiger partial charge >= 0.3 is 0 Å². The predicted octanol–water partition coefficient (Wildman–Crippen LogP) is 0.579. The highest BCUT2D eigenvalue weighted by atomic mass is 16.4. The molecule has 0 aromatic carbocycles. The zero-order chi connectivity index (χ0) is 16.4. The van der Waals surface area contributed by atoms with E-state index >= 15 is 0 Å². The van der Waals surface area contributed by atoms with Crippen LogP contribution in [0.4, 0.5) is 0 Å². The Kier molecular flexibility index (Phi) is 4.82. The van der Waals surface area contributed by atoms with Gasteiger partial charge in [-0.25, -0.2) is 0 Å². The molecule has 0 aliphatic carbocycles. The van der Waals surface area contributed by atoms with Crippen LogP contribution in [0, 0.1) is 0 Å². The Morgan fingerprint density at radius 2 is 2.09 bits per heavy atom. The van der Waals surface area contributed by atoms with Crippen molar-refractivity contribution in [3.8, 4) is 0 Å². The van der Waals surface area contributed by atoms with Gasteiger partial charge in [0.1, 0.15) is 24.2 Å². The molecule has 0 unspecified atom stereocenters. The van der Waals surface area contributed by atoms with Crippen LogP contribution in [0.1, 0.15) is 29.0 Å². The van der Waals surface area contributed by atoms with Crippen LogP contribution in [-0.4, -0.2) is 57.0 Å². The van der Waals surface area contributed by atoms with Crippen LogP contribution in [0.2, 0.25) is 0 Å². The number of hydrogen-bond acceptors (Lipinski definition) is 6. The number of fused-ring (bicyclic) bond motifs is 1. The van der Waals surface area contributed by atoms with Gasteiger partial charge < -0.3 is 19.5 Å². The maximum Gasteiger partial charge on any atom is 0.129 e. The third kappa shape index (κ3) is 3.81. The van der Waals surface area contributed by atoms with Crippen LogP contribution < -0.4 is 0 Å². The summed E-state index contributed by atoms with van der Waals surface area (Å²) in [6.45, 7) is 3.67. The van der Waals surface area contributed by atoms with Gasteiger partial charge in [0, 0.05) is 19.6 Å². The fourth-order valence-corrected chi connectivity index (χ4v) is 2.89. The molecule has 0 radical (unpaired) electrons. The predicted molar refractivity (Wildman–Crippen MR) is 84.5 cm³/mol. The highest BCUT2D eigenvalue weighted by Crippen LogP contribution is 2.20.